The van der Waals surface area contributed by atoms with Gasteiger partial charge in [0.2, 0.25) is 0 Å². The van der Waals surface area contributed by atoms with Crippen LogP contribution in [0.2, 0.25) is 0 Å². The second kappa shape index (κ2) is 6.66. The van der Waals surface area contributed by atoms with Crippen molar-refractivity contribution in [1.29, 1.82) is 0 Å². The van der Waals surface area contributed by atoms with Crippen LogP contribution in [0.1, 0.15) is 27.9 Å². The zero-order valence-electron chi connectivity index (χ0n) is 14.7. The number of urea groups is 1. The molecule has 4 rings (SSSR count). The van der Waals surface area contributed by atoms with E-state index in [0.29, 0.717) is 42.7 Å². The smallest absolute Gasteiger partial charge is 0.321 e. The monoisotopic (exact) mass is 369 g/mol. The Morgan fingerprint density at radius 2 is 2.11 bits per heavy atom. The molecule has 0 saturated carbocycles. The van der Waals surface area contributed by atoms with Crippen LogP contribution in [-0.2, 0) is 12.0 Å². The quantitative estimate of drug-likeness (QED) is 0.759. The van der Waals surface area contributed by atoms with Gasteiger partial charge in [-0.15, -0.1) is 0 Å². The molecule has 140 valence electrons. The predicted molar refractivity (Wildman–Crippen MR) is 98.0 cm³/mol. The summed E-state index contributed by atoms with van der Waals surface area (Å²) in [6.45, 7) is 1.04. The number of hydrogen-bond acceptors (Lipinski definition) is 3. The average Bonchev–Trinajstić information content (AvgIpc) is 3.06. The van der Waals surface area contributed by atoms with E-state index in [4.69, 9.17) is 0 Å². The number of hydrogen-bond donors (Lipinski definition) is 3. The van der Waals surface area contributed by atoms with Crippen LogP contribution < -0.4 is 10.6 Å². The van der Waals surface area contributed by atoms with Gasteiger partial charge in [-0.3, -0.25) is 4.79 Å². The summed E-state index contributed by atoms with van der Waals surface area (Å²) in [6, 6.07) is 10.7. The summed E-state index contributed by atoms with van der Waals surface area (Å²) in [4.78, 5) is 25.9. The van der Waals surface area contributed by atoms with E-state index in [0.717, 1.165) is 5.56 Å². The highest BCUT2D eigenvalue weighted by Crippen LogP contribution is 2.32. The Balaban J connectivity index is 1.46. The number of nitrogens with one attached hydrogen (secondary N) is 2. The molecule has 27 heavy (non-hydrogen) atoms. The summed E-state index contributed by atoms with van der Waals surface area (Å²) in [5, 5.41) is 16.4. The van der Waals surface area contributed by atoms with Crippen LogP contribution in [0.4, 0.5) is 14.9 Å². The van der Waals surface area contributed by atoms with Gasteiger partial charge in [0.25, 0.3) is 5.91 Å². The Morgan fingerprint density at radius 3 is 2.93 bits per heavy atom. The molecular formula is C20H20FN3O3. The second-order valence-corrected chi connectivity index (χ2v) is 7.02. The van der Waals surface area contributed by atoms with Crippen LogP contribution in [0.25, 0.3) is 0 Å². The van der Waals surface area contributed by atoms with Crippen molar-refractivity contribution >= 4 is 17.6 Å². The minimum Gasteiger partial charge on any atom is -0.383 e. The Hall–Kier alpha value is -2.93. The van der Waals surface area contributed by atoms with Crippen LogP contribution >= 0.6 is 0 Å². The van der Waals surface area contributed by atoms with E-state index in [1.807, 2.05) is 0 Å². The molecule has 0 bridgehead atoms. The van der Waals surface area contributed by atoms with Gasteiger partial charge in [-0.2, -0.15) is 0 Å². The molecule has 1 fully saturated rings. The van der Waals surface area contributed by atoms with Gasteiger partial charge in [0.1, 0.15) is 11.4 Å². The predicted octanol–water partition coefficient (Wildman–Crippen LogP) is 2.24. The lowest BCUT2D eigenvalue weighted by atomic mass is 9.93. The normalized spacial score (nSPS) is 21.6. The second-order valence-electron chi connectivity index (χ2n) is 7.02. The topological polar surface area (TPSA) is 81.7 Å². The highest BCUT2D eigenvalue weighted by Gasteiger charge is 2.39. The maximum Gasteiger partial charge on any atom is 0.321 e. The van der Waals surface area contributed by atoms with Crippen molar-refractivity contribution < 1.29 is 19.1 Å². The summed E-state index contributed by atoms with van der Waals surface area (Å²) in [5.41, 5.74) is 1.34. The van der Waals surface area contributed by atoms with E-state index in [2.05, 4.69) is 10.6 Å². The van der Waals surface area contributed by atoms with E-state index in [1.54, 1.807) is 30.3 Å². The fourth-order valence-corrected chi connectivity index (χ4v) is 3.69. The number of anilines is 1. The van der Waals surface area contributed by atoms with E-state index in [1.165, 1.54) is 17.0 Å². The van der Waals surface area contributed by atoms with Gasteiger partial charge in [0.05, 0.1) is 6.54 Å². The maximum atomic E-state index is 13.5. The minimum atomic E-state index is -1.26. The Labute approximate surface area is 156 Å². The molecule has 2 aromatic carbocycles. The SMILES string of the molecule is O=C1NCCc2cc(NC(=O)N3CCC(O)(c4cccc(F)c4)C3)ccc21. The highest BCUT2D eigenvalue weighted by atomic mass is 19.1. The number of amides is 3. The minimum absolute atomic E-state index is 0.0929. The summed E-state index contributed by atoms with van der Waals surface area (Å²) >= 11 is 0. The standard InChI is InChI=1S/C20H20FN3O3/c21-15-3-1-2-14(11-15)20(27)7-9-24(12-20)19(26)23-16-4-5-17-13(10-16)6-8-22-18(17)25/h1-5,10-11,27H,6-9,12H2,(H,22,25)(H,23,26). The zero-order chi connectivity index (χ0) is 19.0. The number of carbonyl (C=O) groups is 2. The number of fused-ring (bicyclic) bond motifs is 1. The van der Waals surface area contributed by atoms with E-state index in [-0.39, 0.29) is 18.5 Å². The first-order chi connectivity index (χ1) is 12.9. The van der Waals surface area contributed by atoms with Crippen molar-refractivity contribution in [3.8, 4) is 0 Å². The lowest BCUT2D eigenvalue weighted by Crippen LogP contribution is -2.37. The van der Waals surface area contributed by atoms with Gasteiger partial charge in [0.15, 0.2) is 0 Å². The third-order valence-corrected chi connectivity index (χ3v) is 5.18. The maximum absolute atomic E-state index is 13.5. The van der Waals surface area contributed by atoms with Crippen molar-refractivity contribution in [2.75, 3.05) is 25.0 Å². The van der Waals surface area contributed by atoms with Gasteiger partial charge in [0, 0.05) is 24.3 Å². The molecule has 1 saturated heterocycles. The summed E-state index contributed by atoms with van der Waals surface area (Å²) < 4.78 is 13.5. The molecular weight excluding hydrogens is 349 g/mol. The third-order valence-electron chi connectivity index (χ3n) is 5.18. The lowest BCUT2D eigenvalue weighted by Gasteiger charge is -2.24. The molecule has 0 aliphatic carbocycles. The molecule has 6 nitrogen and oxygen atoms in total. The molecule has 3 amide bonds. The molecule has 2 aromatic rings. The number of likely N-dealkylation sites (tertiary alicyclic amines) is 1. The van der Waals surface area contributed by atoms with Crippen molar-refractivity contribution in [2.24, 2.45) is 0 Å². The van der Waals surface area contributed by atoms with Crippen molar-refractivity contribution in [1.82, 2.24) is 10.2 Å². The third kappa shape index (κ3) is 3.38. The van der Waals surface area contributed by atoms with Crippen LogP contribution in [0.15, 0.2) is 42.5 Å². The van der Waals surface area contributed by atoms with Crippen LogP contribution in [0, 0.1) is 5.82 Å². The molecule has 2 heterocycles. The fraction of sp³-hybridized carbons (Fsp3) is 0.300. The number of benzene rings is 2. The van der Waals surface area contributed by atoms with E-state index >= 15 is 0 Å². The van der Waals surface area contributed by atoms with Crippen molar-refractivity contribution in [3.63, 3.8) is 0 Å². The molecule has 1 unspecified atom stereocenters. The molecule has 0 radical (unpaired) electrons. The van der Waals surface area contributed by atoms with Gasteiger partial charge >= 0.3 is 6.03 Å². The molecule has 7 heteroatoms. The van der Waals surface area contributed by atoms with E-state index < -0.39 is 11.4 Å². The summed E-state index contributed by atoms with van der Waals surface area (Å²) in [6.07, 6.45) is 1.06. The Bertz CT molecular complexity index is 917. The van der Waals surface area contributed by atoms with Gasteiger partial charge in [-0.1, -0.05) is 12.1 Å². The zero-order valence-corrected chi connectivity index (χ0v) is 14.7. The van der Waals surface area contributed by atoms with Gasteiger partial charge in [-0.05, 0) is 54.3 Å². The van der Waals surface area contributed by atoms with Crippen molar-refractivity contribution in [2.45, 2.75) is 18.4 Å². The molecule has 2 aliphatic rings. The summed E-state index contributed by atoms with van der Waals surface area (Å²) in [5.74, 6) is -0.518. The average molecular weight is 369 g/mol. The largest absolute Gasteiger partial charge is 0.383 e. The number of halogens is 1. The number of nitrogens with zero attached hydrogens (tertiary/aromatic N) is 1. The number of rotatable bonds is 2. The van der Waals surface area contributed by atoms with Crippen molar-refractivity contribution in [3.05, 3.63) is 65.0 Å². The summed E-state index contributed by atoms with van der Waals surface area (Å²) in [7, 11) is 0. The van der Waals surface area contributed by atoms with Crippen LogP contribution in [0.5, 0.6) is 0 Å². The molecule has 1 atom stereocenters. The number of β-amino-alcohol motifs (C(OH)–C–C–N with tert-alkyl or cyclic N) is 1. The highest BCUT2D eigenvalue weighted by molar-refractivity contribution is 5.98. The number of aliphatic hydroxyl groups is 1. The van der Waals surface area contributed by atoms with Gasteiger partial charge < -0.3 is 20.6 Å². The first kappa shape index (κ1) is 17.5. The molecule has 0 spiro atoms. The fourth-order valence-electron chi connectivity index (χ4n) is 3.69. The first-order valence-electron chi connectivity index (χ1n) is 8.90. The molecule has 2 aliphatic heterocycles. The van der Waals surface area contributed by atoms with Crippen LogP contribution in [0.3, 0.4) is 0 Å². The number of carbonyl (C=O) groups excluding carboxylic acids is 2. The lowest BCUT2D eigenvalue weighted by molar-refractivity contribution is 0.0497. The Kier molecular flexibility index (Phi) is 4.31. The Morgan fingerprint density at radius 1 is 1.26 bits per heavy atom. The first-order valence-corrected chi connectivity index (χ1v) is 8.90. The molecule has 0 aromatic heterocycles. The van der Waals surface area contributed by atoms with E-state index in [9.17, 15) is 19.1 Å². The van der Waals surface area contributed by atoms with Crippen LogP contribution in [-0.4, -0.2) is 41.6 Å². The van der Waals surface area contributed by atoms with Gasteiger partial charge in [-0.25, -0.2) is 9.18 Å². The molecule has 3 N–H and O–H groups in total.